The molecule has 1 aromatic rings. The summed E-state index contributed by atoms with van der Waals surface area (Å²) in [7, 11) is 0. The molecule has 4 rings (SSSR count). The van der Waals surface area contributed by atoms with E-state index in [4.69, 9.17) is 9.47 Å². The molecule has 4 heteroatoms. The molecule has 0 bridgehead atoms. The summed E-state index contributed by atoms with van der Waals surface area (Å²) in [5.74, 6) is 0.209. The number of halogens is 2. The summed E-state index contributed by atoms with van der Waals surface area (Å²) in [6.07, 6.45) is 13.7. The van der Waals surface area contributed by atoms with Crippen LogP contribution in [0.5, 0.6) is 0 Å². The van der Waals surface area contributed by atoms with Crippen LogP contribution in [0.15, 0.2) is 12.1 Å². The van der Waals surface area contributed by atoms with Gasteiger partial charge in [0.15, 0.2) is 11.6 Å². The predicted molar refractivity (Wildman–Crippen MR) is 125 cm³/mol. The minimum absolute atomic E-state index is 0.0229. The third kappa shape index (κ3) is 5.55. The van der Waals surface area contributed by atoms with Crippen LogP contribution in [-0.4, -0.2) is 25.4 Å². The number of hydrogen-bond acceptors (Lipinski definition) is 2. The average molecular weight is 449 g/mol. The predicted octanol–water partition coefficient (Wildman–Crippen LogP) is 7.90. The normalized spacial score (nSPS) is 33.9. The molecule has 2 saturated heterocycles. The van der Waals surface area contributed by atoms with E-state index in [1.165, 1.54) is 25.7 Å². The van der Waals surface area contributed by atoms with Crippen molar-refractivity contribution in [2.45, 2.75) is 115 Å². The summed E-state index contributed by atoms with van der Waals surface area (Å²) in [5, 5.41) is 0. The summed E-state index contributed by atoms with van der Waals surface area (Å²) in [6.45, 7) is 5.77. The van der Waals surface area contributed by atoms with Gasteiger partial charge in [-0.2, -0.15) is 0 Å². The first-order valence-electron chi connectivity index (χ1n) is 13.3. The van der Waals surface area contributed by atoms with Gasteiger partial charge in [-0.3, -0.25) is 0 Å². The van der Waals surface area contributed by atoms with Crippen molar-refractivity contribution < 1.29 is 18.3 Å². The Balaban J connectivity index is 1.32. The second-order valence-electron chi connectivity index (χ2n) is 10.6. The van der Waals surface area contributed by atoms with Crippen LogP contribution >= 0.6 is 0 Å². The molecule has 1 aliphatic carbocycles. The molecule has 4 unspecified atom stereocenters. The number of rotatable bonds is 7. The summed E-state index contributed by atoms with van der Waals surface area (Å²) < 4.78 is 42.2. The molecule has 3 aliphatic rings. The van der Waals surface area contributed by atoms with E-state index in [1.54, 1.807) is 0 Å². The van der Waals surface area contributed by atoms with Crippen LogP contribution in [0.1, 0.15) is 114 Å². The largest absolute Gasteiger partial charge is 0.378 e. The highest BCUT2D eigenvalue weighted by atomic mass is 19.2. The van der Waals surface area contributed by atoms with Crippen molar-refractivity contribution in [1.82, 2.24) is 0 Å². The minimum Gasteiger partial charge on any atom is -0.378 e. The molecule has 0 amide bonds. The molecule has 0 N–H and O–H groups in total. The Kier molecular flexibility index (Phi) is 8.61. The number of hydrogen-bond donors (Lipinski definition) is 0. The lowest BCUT2D eigenvalue weighted by Crippen LogP contribution is -2.32. The van der Waals surface area contributed by atoms with Crippen molar-refractivity contribution in [3.63, 3.8) is 0 Å². The van der Waals surface area contributed by atoms with E-state index in [2.05, 4.69) is 13.8 Å². The van der Waals surface area contributed by atoms with E-state index >= 15 is 8.78 Å². The van der Waals surface area contributed by atoms with Gasteiger partial charge in [0, 0.05) is 5.92 Å². The molecule has 32 heavy (non-hydrogen) atoms. The van der Waals surface area contributed by atoms with Crippen LogP contribution in [0.2, 0.25) is 0 Å². The second kappa shape index (κ2) is 11.4. The van der Waals surface area contributed by atoms with Crippen LogP contribution in [0, 0.1) is 23.5 Å². The smallest absolute Gasteiger partial charge is 0.162 e. The Hall–Kier alpha value is -1.00. The van der Waals surface area contributed by atoms with Crippen molar-refractivity contribution >= 4 is 0 Å². The number of benzene rings is 1. The maximum Gasteiger partial charge on any atom is 0.162 e. The first kappa shape index (κ1) is 24.1. The van der Waals surface area contributed by atoms with Gasteiger partial charge in [-0.25, -0.2) is 8.78 Å². The summed E-state index contributed by atoms with van der Waals surface area (Å²) in [6, 6.07) is 3.72. The van der Waals surface area contributed by atoms with Gasteiger partial charge in [0.25, 0.3) is 0 Å². The quantitative estimate of drug-likeness (QED) is 0.422. The lowest BCUT2D eigenvalue weighted by atomic mass is 9.72. The lowest BCUT2D eigenvalue weighted by molar-refractivity contribution is -0.0409. The molecule has 0 aromatic heterocycles. The Morgan fingerprint density at radius 3 is 1.66 bits per heavy atom. The summed E-state index contributed by atoms with van der Waals surface area (Å²) in [5.41, 5.74) is 1.10. The topological polar surface area (TPSA) is 18.5 Å². The van der Waals surface area contributed by atoms with Gasteiger partial charge in [0.2, 0.25) is 0 Å². The first-order chi connectivity index (χ1) is 15.6. The van der Waals surface area contributed by atoms with E-state index in [0.717, 1.165) is 58.0 Å². The third-order valence-electron chi connectivity index (χ3n) is 8.46. The fraction of sp³-hybridized carbons (Fsp3) is 0.786. The van der Waals surface area contributed by atoms with Crippen LogP contribution in [0.25, 0.3) is 0 Å². The van der Waals surface area contributed by atoms with Crippen LogP contribution < -0.4 is 0 Å². The van der Waals surface area contributed by atoms with Gasteiger partial charge in [0.05, 0.1) is 25.4 Å². The average Bonchev–Trinajstić information content (AvgIpc) is 2.83. The van der Waals surface area contributed by atoms with E-state index in [0.29, 0.717) is 35.7 Å². The lowest BCUT2D eigenvalue weighted by Gasteiger charge is -2.38. The maximum absolute atomic E-state index is 15.1. The zero-order valence-electron chi connectivity index (χ0n) is 20.1. The molecule has 2 nitrogen and oxygen atoms in total. The number of ether oxygens (including phenoxy) is 2. The SMILES string of the molecule is CCCC1CCC(c2ccc(C3CCC(C4CCC(CCC)OC4)CC3)c(F)c2F)CO1. The van der Waals surface area contributed by atoms with Gasteiger partial charge in [-0.1, -0.05) is 38.8 Å². The van der Waals surface area contributed by atoms with Gasteiger partial charge in [0.1, 0.15) is 0 Å². The van der Waals surface area contributed by atoms with Crippen LogP contribution in [0.4, 0.5) is 8.78 Å². The fourth-order valence-corrected chi connectivity index (χ4v) is 6.46. The molecule has 2 aliphatic heterocycles. The Morgan fingerprint density at radius 1 is 0.656 bits per heavy atom. The second-order valence-corrected chi connectivity index (χ2v) is 10.6. The van der Waals surface area contributed by atoms with Crippen molar-refractivity contribution in [2.24, 2.45) is 11.8 Å². The van der Waals surface area contributed by atoms with Gasteiger partial charge in [-0.15, -0.1) is 0 Å². The minimum atomic E-state index is -0.630. The van der Waals surface area contributed by atoms with Crippen LogP contribution in [0.3, 0.4) is 0 Å². The highest BCUT2D eigenvalue weighted by molar-refractivity contribution is 5.32. The van der Waals surface area contributed by atoms with Crippen molar-refractivity contribution in [3.8, 4) is 0 Å². The monoisotopic (exact) mass is 448 g/mol. The standard InChI is InChI=1S/C28H42F2O2/c1-3-5-23-13-11-21(17-31-23)19-7-9-20(10-8-19)25-15-16-26(28(30)27(25)29)22-12-14-24(6-4-2)32-18-22/h15-16,19-24H,3-14,17-18H2,1-2H3. The highest BCUT2D eigenvalue weighted by Crippen LogP contribution is 2.43. The molecule has 2 heterocycles. The van der Waals surface area contributed by atoms with Gasteiger partial charge >= 0.3 is 0 Å². The molecule has 3 fully saturated rings. The molecule has 4 atom stereocenters. The Morgan fingerprint density at radius 2 is 1.16 bits per heavy atom. The van der Waals surface area contributed by atoms with Gasteiger partial charge in [-0.05, 0) is 93.1 Å². The molecule has 180 valence electrons. The maximum atomic E-state index is 15.1. The van der Waals surface area contributed by atoms with E-state index < -0.39 is 11.6 Å². The summed E-state index contributed by atoms with van der Waals surface area (Å²) >= 11 is 0. The Bertz CT molecular complexity index is 712. The zero-order valence-corrected chi connectivity index (χ0v) is 20.1. The first-order valence-corrected chi connectivity index (χ1v) is 13.3. The zero-order chi connectivity index (χ0) is 22.5. The Labute approximate surface area is 193 Å². The van der Waals surface area contributed by atoms with Crippen molar-refractivity contribution in [3.05, 3.63) is 34.9 Å². The van der Waals surface area contributed by atoms with E-state index in [-0.39, 0.29) is 17.9 Å². The van der Waals surface area contributed by atoms with Gasteiger partial charge < -0.3 is 9.47 Å². The van der Waals surface area contributed by atoms with E-state index in [9.17, 15) is 0 Å². The molecule has 1 aromatic carbocycles. The molecular formula is C28H42F2O2. The van der Waals surface area contributed by atoms with Crippen LogP contribution in [-0.2, 0) is 9.47 Å². The molecule has 0 radical (unpaired) electrons. The molecular weight excluding hydrogens is 406 g/mol. The van der Waals surface area contributed by atoms with Crippen molar-refractivity contribution in [1.29, 1.82) is 0 Å². The van der Waals surface area contributed by atoms with E-state index in [1.807, 2.05) is 12.1 Å². The van der Waals surface area contributed by atoms with Crippen molar-refractivity contribution in [2.75, 3.05) is 13.2 Å². The fourth-order valence-electron chi connectivity index (χ4n) is 6.46. The molecule has 1 saturated carbocycles. The molecule has 0 spiro atoms. The third-order valence-corrected chi connectivity index (χ3v) is 8.46. The highest BCUT2D eigenvalue weighted by Gasteiger charge is 2.33. The summed E-state index contributed by atoms with van der Waals surface area (Å²) in [4.78, 5) is 0.